The van der Waals surface area contributed by atoms with Crippen molar-refractivity contribution in [1.82, 2.24) is 14.9 Å². The van der Waals surface area contributed by atoms with Crippen molar-refractivity contribution in [2.75, 3.05) is 6.54 Å². The topological polar surface area (TPSA) is 110 Å². The van der Waals surface area contributed by atoms with Gasteiger partial charge in [-0.3, -0.25) is 4.79 Å². The molecule has 1 fully saturated rings. The maximum absolute atomic E-state index is 12.3. The van der Waals surface area contributed by atoms with Crippen molar-refractivity contribution < 1.29 is 14.7 Å². The Morgan fingerprint density at radius 1 is 1.62 bits per heavy atom. The maximum Gasteiger partial charge on any atom is 0.329 e. The van der Waals surface area contributed by atoms with Crippen LogP contribution in [0.5, 0.6) is 0 Å². The van der Waals surface area contributed by atoms with Crippen LogP contribution >= 0.6 is 0 Å². The largest absolute Gasteiger partial charge is 0.480 e. The summed E-state index contributed by atoms with van der Waals surface area (Å²) in [5.41, 5.74) is 4.49. The van der Waals surface area contributed by atoms with Crippen molar-refractivity contribution in [2.45, 2.75) is 44.7 Å². The fourth-order valence-electron chi connectivity index (χ4n) is 2.94. The summed E-state index contributed by atoms with van der Waals surface area (Å²) in [5.74, 6) is -1.13. The van der Waals surface area contributed by atoms with Crippen LogP contribution in [-0.2, 0) is 11.3 Å². The van der Waals surface area contributed by atoms with E-state index in [2.05, 4.69) is 10.3 Å². The van der Waals surface area contributed by atoms with E-state index in [0.717, 1.165) is 12.8 Å². The molecule has 7 heteroatoms. The minimum atomic E-state index is -1.17. The Hall–Kier alpha value is -1.89. The number of amides is 1. The molecule has 0 radical (unpaired) electrons. The van der Waals surface area contributed by atoms with E-state index in [0.29, 0.717) is 25.9 Å². The number of carboxylic acids is 1. The molecule has 2 unspecified atom stereocenters. The lowest BCUT2D eigenvalue weighted by atomic mass is 9.76. The number of aliphatic carboxylic acids is 1. The first-order valence-corrected chi connectivity index (χ1v) is 7.24. The summed E-state index contributed by atoms with van der Waals surface area (Å²) >= 11 is 0. The van der Waals surface area contributed by atoms with Gasteiger partial charge in [0.1, 0.15) is 11.2 Å². The first-order valence-electron chi connectivity index (χ1n) is 7.24. The Morgan fingerprint density at radius 3 is 3.00 bits per heavy atom. The smallest absolute Gasteiger partial charge is 0.329 e. The highest BCUT2D eigenvalue weighted by Crippen LogP contribution is 2.32. The minimum Gasteiger partial charge on any atom is -0.480 e. The summed E-state index contributed by atoms with van der Waals surface area (Å²) in [5, 5.41) is 12.2. The molecule has 2 rings (SSSR count). The zero-order valence-electron chi connectivity index (χ0n) is 12.2. The normalized spacial score (nSPS) is 25.5. The number of carboxylic acid groups (broad SMARTS) is 1. The number of carbonyl (C=O) groups excluding carboxylic acids is 1. The molecule has 1 aliphatic carbocycles. The van der Waals surface area contributed by atoms with Crippen molar-refractivity contribution in [2.24, 2.45) is 11.7 Å². The van der Waals surface area contributed by atoms with Crippen LogP contribution in [0.2, 0.25) is 0 Å². The summed E-state index contributed by atoms with van der Waals surface area (Å²) in [6, 6.07) is 0. The summed E-state index contributed by atoms with van der Waals surface area (Å²) in [4.78, 5) is 27.9. The molecule has 1 amide bonds. The van der Waals surface area contributed by atoms with Crippen molar-refractivity contribution in [3.05, 3.63) is 18.2 Å². The molecule has 1 heterocycles. The maximum atomic E-state index is 12.3. The van der Waals surface area contributed by atoms with E-state index in [9.17, 15) is 14.7 Å². The summed E-state index contributed by atoms with van der Waals surface area (Å²) < 4.78 is 1.71. The Kier molecular flexibility index (Phi) is 4.62. The van der Waals surface area contributed by atoms with Crippen LogP contribution in [0.25, 0.3) is 0 Å². The highest BCUT2D eigenvalue weighted by molar-refractivity contribution is 5.96. The molecule has 1 aromatic heterocycles. The monoisotopic (exact) mass is 294 g/mol. The van der Waals surface area contributed by atoms with E-state index >= 15 is 0 Å². The molecular formula is C14H22N4O3. The quantitative estimate of drug-likeness (QED) is 0.736. The van der Waals surface area contributed by atoms with Crippen molar-refractivity contribution in [3.8, 4) is 0 Å². The SMILES string of the molecule is CC1CCCC(NC(=O)c2cn(CCN)cn2)(C(=O)O)C1. The number of nitrogens with one attached hydrogen (secondary N) is 1. The predicted octanol–water partition coefficient (Wildman–Crippen LogP) is 0.605. The predicted molar refractivity (Wildman–Crippen MR) is 76.7 cm³/mol. The lowest BCUT2D eigenvalue weighted by Gasteiger charge is -2.36. The van der Waals surface area contributed by atoms with Gasteiger partial charge in [-0.25, -0.2) is 9.78 Å². The number of hydrogen-bond donors (Lipinski definition) is 3. The van der Waals surface area contributed by atoms with Gasteiger partial charge in [0.2, 0.25) is 0 Å². The van der Waals surface area contributed by atoms with Gasteiger partial charge in [0.25, 0.3) is 5.91 Å². The van der Waals surface area contributed by atoms with Gasteiger partial charge in [0.05, 0.1) is 6.33 Å². The molecular weight excluding hydrogens is 272 g/mol. The highest BCUT2D eigenvalue weighted by Gasteiger charge is 2.43. The molecule has 4 N–H and O–H groups in total. The third kappa shape index (κ3) is 3.41. The average Bonchev–Trinajstić information content (AvgIpc) is 2.87. The van der Waals surface area contributed by atoms with E-state index in [1.165, 1.54) is 6.33 Å². The first-order chi connectivity index (χ1) is 9.97. The molecule has 21 heavy (non-hydrogen) atoms. The van der Waals surface area contributed by atoms with E-state index < -0.39 is 17.4 Å². The second kappa shape index (κ2) is 6.26. The van der Waals surface area contributed by atoms with Gasteiger partial charge in [0, 0.05) is 19.3 Å². The van der Waals surface area contributed by atoms with Gasteiger partial charge >= 0.3 is 5.97 Å². The number of carbonyl (C=O) groups is 2. The van der Waals surface area contributed by atoms with E-state index in [4.69, 9.17) is 5.73 Å². The summed E-state index contributed by atoms with van der Waals surface area (Å²) in [7, 11) is 0. The molecule has 1 saturated carbocycles. The fourth-order valence-corrected chi connectivity index (χ4v) is 2.94. The number of aromatic nitrogens is 2. The zero-order valence-corrected chi connectivity index (χ0v) is 12.2. The van der Waals surface area contributed by atoms with Gasteiger partial charge in [-0.15, -0.1) is 0 Å². The molecule has 0 aliphatic heterocycles. The van der Waals surface area contributed by atoms with Crippen molar-refractivity contribution >= 4 is 11.9 Å². The number of rotatable bonds is 5. The van der Waals surface area contributed by atoms with Crippen LogP contribution in [0, 0.1) is 5.92 Å². The van der Waals surface area contributed by atoms with Gasteiger partial charge in [0.15, 0.2) is 0 Å². The van der Waals surface area contributed by atoms with E-state index in [1.807, 2.05) is 6.92 Å². The number of nitrogens with two attached hydrogens (primary N) is 1. The van der Waals surface area contributed by atoms with E-state index in [-0.39, 0.29) is 11.6 Å². The minimum absolute atomic E-state index is 0.224. The zero-order chi connectivity index (χ0) is 15.5. The number of imidazole rings is 1. The van der Waals surface area contributed by atoms with Gasteiger partial charge in [-0.1, -0.05) is 19.8 Å². The Labute approximate surface area is 123 Å². The summed E-state index contributed by atoms with van der Waals surface area (Å²) in [6.45, 7) is 3.04. The van der Waals surface area contributed by atoms with Crippen LogP contribution < -0.4 is 11.1 Å². The molecule has 0 spiro atoms. The molecule has 1 aromatic rings. The molecule has 116 valence electrons. The third-order valence-electron chi connectivity index (χ3n) is 4.01. The Balaban J connectivity index is 2.12. The second-order valence-electron chi connectivity index (χ2n) is 5.83. The Morgan fingerprint density at radius 2 is 2.38 bits per heavy atom. The van der Waals surface area contributed by atoms with Crippen LogP contribution in [0.15, 0.2) is 12.5 Å². The van der Waals surface area contributed by atoms with E-state index in [1.54, 1.807) is 10.8 Å². The van der Waals surface area contributed by atoms with Gasteiger partial charge < -0.3 is 20.7 Å². The molecule has 0 aromatic carbocycles. The summed E-state index contributed by atoms with van der Waals surface area (Å²) in [6.07, 6.45) is 5.83. The highest BCUT2D eigenvalue weighted by atomic mass is 16.4. The second-order valence-corrected chi connectivity index (χ2v) is 5.83. The fraction of sp³-hybridized carbons (Fsp3) is 0.643. The molecule has 2 atom stereocenters. The van der Waals surface area contributed by atoms with Crippen LogP contribution in [0.1, 0.15) is 43.1 Å². The molecule has 7 nitrogen and oxygen atoms in total. The third-order valence-corrected chi connectivity index (χ3v) is 4.01. The first kappa shape index (κ1) is 15.5. The van der Waals surface area contributed by atoms with Crippen LogP contribution in [-0.4, -0.2) is 38.6 Å². The van der Waals surface area contributed by atoms with Crippen molar-refractivity contribution in [1.29, 1.82) is 0 Å². The Bertz CT molecular complexity index is 528. The van der Waals surface area contributed by atoms with Crippen molar-refractivity contribution in [3.63, 3.8) is 0 Å². The number of hydrogen-bond acceptors (Lipinski definition) is 4. The average molecular weight is 294 g/mol. The lowest BCUT2D eigenvalue weighted by molar-refractivity contribution is -0.146. The standard InChI is InChI=1S/C14H22N4O3/c1-10-3-2-4-14(7-10,13(20)21)17-12(19)11-8-18(6-5-15)9-16-11/h8-10H,2-7,15H2,1H3,(H,17,19)(H,20,21). The molecule has 0 bridgehead atoms. The van der Waals surface area contributed by atoms with Gasteiger partial charge in [-0.2, -0.15) is 0 Å². The molecule has 1 aliphatic rings. The van der Waals surface area contributed by atoms with Crippen LogP contribution in [0.3, 0.4) is 0 Å². The molecule has 0 saturated heterocycles. The number of nitrogens with zero attached hydrogens (tertiary/aromatic N) is 2. The lowest BCUT2D eigenvalue weighted by Crippen LogP contribution is -2.56. The van der Waals surface area contributed by atoms with Gasteiger partial charge in [-0.05, 0) is 18.8 Å². The van der Waals surface area contributed by atoms with Crippen LogP contribution in [0.4, 0.5) is 0 Å².